The standard InChI is InChI=1S/C23H28BrN5O5S/c1-2-34-22(33)16-17-21(32)28(9-5-6-10-30)19(23(17)11-13(24)18(16)35-23)20(31)25-12-29-15-8-4-3-7-14(15)26-27-29/h3-4,7-8,13,16-19,30H,2,5-6,9-12H2,1H3,(H,25,31)/t13?,16-,17-,18-,19?,23?/m0/s1. The highest BCUT2D eigenvalue weighted by atomic mass is 79.9. The molecule has 1 spiro atoms. The molecule has 188 valence electrons. The Labute approximate surface area is 215 Å². The maximum Gasteiger partial charge on any atom is 0.310 e. The molecule has 6 atom stereocenters. The minimum atomic E-state index is -0.733. The number of likely N-dealkylation sites (tertiary alicyclic amines) is 1. The van der Waals surface area contributed by atoms with Gasteiger partial charge in [0.15, 0.2) is 0 Å². The second kappa shape index (κ2) is 9.70. The van der Waals surface area contributed by atoms with E-state index >= 15 is 0 Å². The number of benzene rings is 1. The third-order valence-corrected chi connectivity index (χ3v) is 10.4. The minimum Gasteiger partial charge on any atom is -0.466 e. The minimum absolute atomic E-state index is 0.00194. The van der Waals surface area contributed by atoms with E-state index in [-0.39, 0.29) is 47.7 Å². The molecule has 1 aromatic heterocycles. The molecule has 12 heteroatoms. The first-order valence-corrected chi connectivity index (χ1v) is 13.7. The molecule has 2 aromatic rings. The van der Waals surface area contributed by atoms with Crippen LogP contribution >= 0.6 is 27.7 Å². The molecule has 3 saturated heterocycles. The number of nitrogens with one attached hydrogen (secondary N) is 1. The van der Waals surface area contributed by atoms with Crippen molar-refractivity contribution in [3.05, 3.63) is 24.3 Å². The molecule has 10 nitrogen and oxygen atoms in total. The van der Waals surface area contributed by atoms with Crippen LogP contribution in [0, 0.1) is 11.8 Å². The molecule has 2 bridgehead atoms. The van der Waals surface area contributed by atoms with Crippen molar-refractivity contribution in [3.8, 4) is 0 Å². The summed E-state index contributed by atoms with van der Waals surface area (Å²) in [5, 5.41) is 20.4. The van der Waals surface area contributed by atoms with Crippen LogP contribution in [0.5, 0.6) is 0 Å². The first-order chi connectivity index (χ1) is 16.9. The van der Waals surface area contributed by atoms with E-state index in [4.69, 9.17) is 4.74 Å². The number of carbonyl (C=O) groups is 3. The van der Waals surface area contributed by atoms with E-state index in [1.54, 1.807) is 28.3 Å². The van der Waals surface area contributed by atoms with E-state index in [2.05, 4.69) is 31.6 Å². The molecule has 3 aliphatic heterocycles. The first-order valence-electron chi connectivity index (χ1n) is 11.9. The Morgan fingerprint density at radius 2 is 2.14 bits per heavy atom. The molecule has 0 saturated carbocycles. The number of fused-ring (bicyclic) bond motifs is 2. The third-order valence-electron chi connectivity index (χ3n) is 7.23. The van der Waals surface area contributed by atoms with Gasteiger partial charge in [0, 0.05) is 23.2 Å². The number of rotatable bonds is 9. The van der Waals surface area contributed by atoms with E-state index in [0.717, 1.165) is 11.0 Å². The fraction of sp³-hybridized carbons (Fsp3) is 0.609. The average Bonchev–Trinajstić information content (AvgIpc) is 3.55. The number of esters is 1. The molecular weight excluding hydrogens is 538 g/mol. The summed E-state index contributed by atoms with van der Waals surface area (Å²) in [5.74, 6) is -2.03. The highest BCUT2D eigenvalue weighted by Crippen LogP contribution is 2.67. The van der Waals surface area contributed by atoms with Gasteiger partial charge in [0.05, 0.1) is 28.7 Å². The van der Waals surface area contributed by atoms with Crippen LogP contribution in [-0.4, -0.2) is 83.4 Å². The van der Waals surface area contributed by atoms with Gasteiger partial charge in [-0.2, -0.15) is 0 Å². The number of alkyl halides is 1. The lowest BCUT2D eigenvalue weighted by atomic mass is 9.71. The summed E-state index contributed by atoms with van der Waals surface area (Å²) in [7, 11) is 0. The van der Waals surface area contributed by atoms with Crippen LogP contribution in [0.1, 0.15) is 26.2 Å². The summed E-state index contributed by atoms with van der Waals surface area (Å²) in [6, 6.07) is 6.75. The van der Waals surface area contributed by atoms with Gasteiger partial charge in [-0.15, -0.1) is 16.9 Å². The summed E-state index contributed by atoms with van der Waals surface area (Å²) < 4.78 is 6.24. The van der Waals surface area contributed by atoms with E-state index in [0.29, 0.717) is 25.8 Å². The van der Waals surface area contributed by atoms with Gasteiger partial charge in [-0.3, -0.25) is 14.4 Å². The average molecular weight is 566 g/mol. The number of para-hydroxylation sites is 1. The summed E-state index contributed by atoms with van der Waals surface area (Å²) in [6.07, 6.45) is 1.70. The number of aliphatic hydroxyl groups is 1. The van der Waals surface area contributed by atoms with E-state index in [1.165, 1.54) is 0 Å². The zero-order valence-corrected chi connectivity index (χ0v) is 21.7. The van der Waals surface area contributed by atoms with Gasteiger partial charge in [0.2, 0.25) is 11.8 Å². The Hall–Kier alpha value is -2.18. The molecule has 3 aliphatic rings. The predicted octanol–water partition coefficient (Wildman–Crippen LogP) is 1.31. The molecule has 0 aliphatic carbocycles. The molecule has 4 heterocycles. The van der Waals surface area contributed by atoms with Gasteiger partial charge in [-0.25, -0.2) is 4.68 Å². The normalized spacial score (nSPS) is 31.2. The van der Waals surface area contributed by atoms with Crippen molar-refractivity contribution in [2.24, 2.45) is 11.8 Å². The van der Waals surface area contributed by atoms with Gasteiger partial charge in [0.25, 0.3) is 0 Å². The molecule has 5 rings (SSSR count). The number of nitrogens with zero attached hydrogens (tertiary/aromatic N) is 4. The van der Waals surface area contributed by atoms with Crippen LogP contribution in [0.2, 0.25) is 0 Å². The Morgan fingerprint density at radius 3 is 2.91 bits per heavy atom. The van der Waals surface area contributed by atoms with Crippen molar-refractivity contribution < 1.29 is 24.2 Å². The number of hydrogen-bond donors (Lipinski definition) is 2. The number of amides is 2. The summed E-state index contributed by atoms with van der Waals surface area (Å²) >= 11 is 5.29. The molecule has 35 heavy (non-hydrogen) atoms. The zero-order valence-electron chi connectivity index (χ0n) is 19.3. The van der Waals surface area contributed by atoms with Crippen LogP contribution in [0.3, 0.4) is 0 Å². The molecule has 0 radical (unpaired) electrons. The van der Waals surface area contributed by atoms with E-state index < -0.39 is 22.6 Å². The molecular formula is C23H28BrN5O5S. The maximum absolute atomic E-state index is 13.7. The fourth-order valence-corrected chi connectivity index (χ4v) is 9.46. The lowest BCUT2D eigenvalue weighted by Crippen LogP contribution is -2.54. The second-order valence-electron chi connectivity index (χ2n) is 9.15. The van der Waals surface area contributed by atoms with E-state index in [1.807, 2.05) is 24.3 Å². The van der Waals surface area contributed by atoms with Gasteiger partial charge in [-0.05, 0) is 38.3 Å². The van der Waals surface area contributed by atoms with Crippen LogP contribution in [0.25, 0.3) is 11.0 Å². The quantitative estimate of drug-likeness (QED) is 0.264. The number of thioether (sulfide) groups is 1. The van der Waals surface area contributed by atoms with Crippen molar-refractivity contribution in [3.63, 3.8) is 0 Å². The number of ether oxygens (including phenoxy) is 1. The number of hydrogen-bond acceptors (Lipinski definition) is 8. The summed E-state index contributed by atoms with van der Waals surface area (Å²) in [6.45, 7) is 2.46. The number of unbranched alkanes of at least 4 members (excludes halogenated alkanes) is 1. The van der Waals surface area contributed by atoms with Crippen molar-refractivity contribution in [2.45, 2.75) is 53.7 Å². The van der Waals surface area contributed by atoms with Gasteiger partial charge in [-0.1, -0.05) is 33.3 Å². The predicted molar refractivity (Wildman–Crippen MR) is 133 cm³/mol. The van der Waals surface area contributed by atoms with Crippen molar-refractivity contribution >= 4 is 56.5 Å². The fourth-order valence-electron chi connectivity index (χ4n) is 5.86. The van der Waals surface area contributed by atoms with Crippen LogP contribution in [0.4, 0.5) is 0 Å². The van der Waals surface area contributed by atoms with Gasteiger partial charge >= 0.3 is 5.97 Å². The highest BCUT2D eigenvalue weighted by Gasteiger charge is 2.75. The smallest absolute Gasteiger partial charge is 0.310 e. The lowest BCUT2D eigenvalue weighted by Gasteiger charge is -2.35. The number of halogens is 1. The maximum atomic E-state index is 13.7. The van der Waals surface area contributed by atoms with Crippen LogP contribution in [-0.2, 0) is 25.8 Å². The third kappa shape index (κ3) is 3.93. The van der Waals surface area contributed by atoms with Crippen molar-refractivity contribution in [1.82, 2.24) is 25.2 Å². The summed E-state index contributed by atoms with van der Waals surface area (Å²) in [5.41, 5.74) is 1.52. The van der Waals surface area contributed by atoms with Crippen LogP contribution < -0.4 is 5.32 Å². The highest BCUT2D eigenvalue weighted by molar-refractivity contribution is 9.09. The molecule has 1 aromatic carbocycles. The van der Waals surface area contributed by atoms with Crippen LogP contribution in [0.15, 0.2) is 24.3 Å². The molecule has 3 fully saturated rings. The Kier molecular flexibility index (Phi) is 6.79. The number of aliphatic hydroxyl groups excluding tert-OH is 1. The first kappa shape index (κ1) is 24.5. The summed E-state index contributed by atoms with van der Waals surface area (Å²) in [4.78, 5) is 42.0. The zero-order chi connectivity index (χ0) is 24.7. The Bertz CT molecular complexity index is 1150. The molecule has 2 N–H and O–H groups in total. The number of carbonyl (C=O) groups excluding carboxylic acids is 3. The monoisotopic (exact) mass is 565 g/mol. The largest absolute Gasteiger partial charge is 0.466 e. The van der Waals surface area contributed by atoms with Crippen molar-refractivity contribution in [1.29, 1.82) is 0 Å². The van der Waals surface area contributed by atoms with Gasteiger partial charge < -0.3 is 20.1 Å². The molecule has 2 amide bonds. The number of aromatic nitrogens is 3. The molecule has 3 unspecified atom stereocenters. The topological polar surface area (TPSA) is 127 Å². The Morgan fingerprint density at radius 1 is 1.34 bits per heavy atom. The van der Waals surface area contributed by atoms with E-state index in [9.17, 15) is 19.5 Å². The second-order valence-corrected chi connectivity index (χ2v) is 11.9. The lowest BCUT2D eigenvalue weighted by molar-refractivity contribution is -0.153. The van der Waals surface area contributed by atoms with Gasteiger partial charge in [0.1, 0.15) is 18.2 Å². The Balaban J connectivity index is 1.44. The van der Waals surface area contributed by atoms with Crippen molar-refractivity contribution in [2.75, 3.05) is 19.8 Å². The SMILES string of the molecule is CCOC(=O)[C@H]1[C@H]2C(=O)N(CCCCO)C(C(=O)NCn3nnc4ccccc43)C23CC(Br)[C@@H]1S3.